The molecule has 35 heavy (non-hydrogen) atoms. The van der Waals surface area contributed by atoms with Crippen LogP contribution in [-0.2, 0) is 4.79 Å². The number of ketones is 1. The molecule has 5 N–H and O–H groups in total. The van der Waals surface area contributed by atoms with Crippen molar-refractivity contribution in [3.05, 3.63) is 11.1 Å². The Bertz CT molecular complexity index is 895. The highest BCUT2D eigenvalue weighted by molar-refractivity contribution is 8.76. The average Bonchev–Trinajstić information content (AvgIpc) is 3.16. The van der Waals surface area contributed by atoms with Gasteiger partial charge in [0.25, 0.3) is 0 Å². The van der Waals surface area contributed by atoms with Gasteiger partial charge >= 0.3 is 0 Å². The van der Waals surface area contributed by atoms with E-state index in [1.807, 2.05) is 21.6 Å². The van der Waals surface area contributed by atoms with Crippen LogP contribution in [0.5, 0.6) is 0 Å². The molecule has 8 heteroatoms. The van der Waals surface area contributed by atoms with Crippen molar-refractivity contribution in [3.8, 4) is 0 Å². The molecule has 3 aliphatic carbocycles. The van der Waals surface area contributed by atoms with E-state index >= 15 is 0 Å². The minimum Gasteiger partial charge on any atom is -0.396 e. The SMILES string of the molecule is CC12CCSSCC3(CCCC4=C5CC1CC(CO)C(CCCCO)C52CC4=O)CCN=C(N)N3. The Hall–Kier alpha value is -0.700. The number of nitrogens with zero attached hydrogens (tertiary/aromatic N) is 1. The molecule has 6 unspecified atom stereocenters. The second kappa shape index (κ2) is 10.2. The van der Waals surface area contributed by atoms with E-state index in [0.717, 1.165) is 87.8 Å². The van der Waals surface area contributed by atoms with Gasteiger partial charge in [0.2, 0.25) is 0 Å². The lowest BCUT2D eigenvalue weighted by atomic mass is 9.47. The van der Waals surface area contributed by atoms with Crippen molar-refractivity contribution in [2.24, 2.45) is 39.3 Å². The number of unbranched alkanes of at least 4 members (excludes halogenated alkanes) is 1. The third kappa shape index (κ3) is 4.28. The molecule has 0 aromatic rings. The normalized spacial score (nSPS) is 41.7. The average molecular weight is 522 g/mol. The van der Waals surface area contributed by atoms with Crippen LogP contribution in [0.25, 0.3) is 0 Å². The molecule has 196 valence electrons. The summed E-state index contributed by atoms with van der Waals surface area (Å²) < 4.78 is 0. The van der Waals surface area contributed by atoms with E-state index in [9.17, 15) is 15.0 Å². The maximum Gasteiger partial charge on any atom is 0.189 e. The summed E-state index contributed by atoms with van der Waals surface area (Å²) in [6, 6.07) is 0. The fourth-order valence-corrected chi connectivity index (χ4v) is 11.6. The zero-order valence-electron chi connectivity index (χ0n) is 21.2. The molecule has 0 radical (unpaired) electrons. The number of carbonyl (C=O) groups excluding carboxylic acids is 1. The number of carbonyl (C=O) groups is 1. The van der Waals surface area contributed by atoms with E-state index in [0.29, 0.717) is 30.0 Å². The predicted molar refractivity (Wildman–Crippen MR) is 145 cm³/mol. The highest BCUT2D eigenvalue weighted by atomic mass is 33.1. The third-order valence-electron chi connectivity index (χ3n) is 10.5. The summed E-state index contributed by atoms with van der Waals surface area (Å²) in [6.07, 6.45) is 10.5. The molecule has 2 aliphatic heterocycles. The molecule has 0 aromatic carbocycles. The van der Waals surface area contributed by atoms with Crippen LogP contribution < -0.4 is 11.1 Å². The lowest BCUT2D eigenvalue weighted by molar-refractivity contribution is -0.125. The van der Waals surface area contributed by atoms with Crippen molar-refractivity contribution in [2.75, 3.05) is 31.3 Å². The van der Waals surface area contributed by atoms with Gasteiger partial charge < -0.3 is 21.3 Å². The molecule has 0 saturated heterocycles. The third-order valence-corrected chi connectivity index (χ3v) is 13.0. The predicted octanol–water partition coefficient (Wildman–Crippen LogP) is 4.06. The number of hydrogen-bond donors (Lipinski definition) is 4. The van der Waals surface area contributed by atoms with Crippen LogP contribution >= 0.6 is 21.6 Å². The number of aliphatic hydroxyl groups is 2. The first-order valence-corrected chi connectivity index (χ1v) is 16.2. The minimum atomic E-state index is -0.0949. The smallest absolute Gasteiger partial charge is 0.189 e. The van der Waals surface area contributed by atoms with Gasteiger partial charge in [0.05, 0.1) is 5.54 Å². The van der Waals surface area contributed by atoms with Gasteiger partial charge in [-0.3, -0.25) is 9.79 Å². The summed E-state index contributed by atoms with van der Waals surface area (Å²) >= 11 is 0. The standard InChI is InChI=1S/C27H43N3O3S2/c1-25-9-12-34-35-17-26(8-10-29-24(28)30-26)7-4-5-20-22-14-19(25)13-18(16-32)21(6-2-3-11-31)27(22,25)15-23(20)33/h18-19,21,31-32H,2-17H2,1H3,(H3,28,29,30). The van der Waals surface area contributed by atoms with Gasteiger partial charge in [-0.05, 0) is 86.5 Å². The van der Waals surface area contributed by atoms with Gasteiger partial charge in [0, 0.05) is 43.1 Å². The zero-order valence-corrected chi connectivity index (χ0v) is 22.8. The van der Waals surface area contributed by atoms with Crippen LogP contribution in [0.4, 0.5) is 0 Å². The number of Topliss-reactive ketones (excluding diaryl/α,β-unsaturated/α-hetero) is 1. The Kier molecular flexibility index (Phi) is 7.57. The molecule has 2 spiro atoms. The Labute approximate surface area is 218 Å². The van der Waals surface area contributed by atoms with Crippen LogP contribution in [0.3, 0.4) is 0 Å². The van der Waals surface area contributed by atoms with Crippen molar-refractivity contribution >= 4 is 33.3 Å². The highest BCUT2D eigenvalue weighted by Crippen LogP contribution is 2.75. The second-order valence-corrected chi connectivity index (χ2v) is 14.5. The van der Waals surface area contributed by atoms with Crippen LogP contribution in [0.2, 0.25) is 0 Å². The van der Waals surface area contributed by atoms with E-state index in [1.54, 1.807) is 0 Å². The van der Waals surface area contributed by atoms with Crippen molar-refractivity contribution in [3.63, 3.8) is 0 Å². The summed E-state index contributed by atoms with van der Waals surface area (Å²) in [5, 5.41) is 23.4. The zero-order chi connectivity index (χ0) is 24.7. The van der Waals surface area contributed by atoms with E-state index in [4.69, 9.17) is 5.73 Å². The van der Waals surface area contributed by atoms with E-state index < -0.39 is 0 Å². The Balaban J connectivity index is 1.50. The number of nitrogens with two attached hydrogens (primary N) is 1. The van der Waals surface area contributed by atoms with Crippen LogP contribution in [0.15, 0.2) is 16.1 Å². The molecule has 0 amide bonds. The summed E-state index contributed by atoms with van der Waals surface area (Å²) in [5.74, 6) is 4.20. The summed E-state index contributed by atoms with van der Waals surface area (Å²) in [6.45, 7) is 3.70. The number of guanidine groups is 1. The molecule has 2 heterocycles. The molecular formula is C27H43N3O3S2. The summed E-state index contributed by atoms with van der Waals surface area (Å²) in [4.78, 5) is 18.1. The van der Waals surface area contributed by atoms with Crippen LogP contribution in [-0.4, -0.2) is 58.8 Å². The molecule has 2 fully saturated rings. The van der Waals surface area contributed by atoms with Crippen molar-refractivity contribution < 1.29 is 15.0 Å². The van der Waals surface area contributed by atoms with Crippen molar-refractivity contribution in [1.82, 2.24) is 5.32 Å². The van der Waals surface area contributed by atoms with Crippen molar-refractivity contribution in [1.29, 1.82) is 0 Å². The van der Waals surface area contributed by atoms with Gasteiger partial charge in [-0.1, -0.05) is 40.5 Å². The number of nitrogens with one attached hydrogen (secondary N) is 1. The first kappa shape index (κ1) is 25.9. The Morgan fingerprint density at radius 1 is 1.20 bits per heavy atom. The number of allylic oxidation sites excluding steroid dienone is 2. The molecule has 5 aliphatic rings. The van der Waals surface area contributed by atoms with Crippen LogP contribution in [0, 0.1) is 28.6 Å². The minimum absolute atomic E-state index is 0.0320. The molecule has 6 atom stereocenters. The maximum atomic E-state index is 13.7. The fourth-order valence-electron chi connectivity index (χ4n) is 8.73. The molecular weight excluding hydrogens is 478 g/mol. The lowest BCUT2D eigenvalue weighted by Crippen LogP contribution is -2.56. The molecule has 6 nitrogen and oxygen atoms in total. The Morgan fingerprint density at radius 3 is 2.83 bits per heavy atom. The lowest BCUT2D eigenvalue weighted by Gasteiger charge is -2.57. The fraction of sp³-hybridized carbons (Fsp3) is 0.852. The van der Waals surface area contributed by atoms with Crippen LogP contribution in [0.1, 0.15) is 77.6 Å². The largest absolute Gasteiger partial charge is 0.396 e. The molecule has 5 bridgehead atoms. The van der Waals surface area contributed by atoms with E-state index in [1.165, 1.54) is 5.57 Å². The second-order valence-electron chi connectivity index (χ2n) is 12.0. The first-order chi connectivity index (χ1) is 16.9. The number of aliphatic imine (C=N–C) groups is 1. The monoisotopic (exact) mass is 521 g/mol. The van der Waals surface area contributed by atoms with E-state index in [2.05, 4.69) is 17.2 Å². The molecule has 0 aromatic heterocycles. The van der Waals surface area contributed by atoms with Gasteiger partial charge in [-0.25, -0.2) is 0 Å². The van der Waals surface area contributed by atoms with Gasteiger partial charge in [0.1, 0.15) is 0 Å². The quantitative estimate of drug-likeness (QED) is 0.319. The van der Waals surface area contributed by atoms with E-state index in [-0.39, 0.29) is 35.5 Å². The van der Waals surface area contributed by atoms with Gasteiger partial charge in [-0.15, -0.1) is 0 Å². The van der Waals surface area contributed by atoms with Crippen molar-refractivity contribution in [2.45, 2.75) is 83.1 Å². The number of aliphatic hydroxyl groups excluding tert-OH is 2. The van der Waals surface area contributed by atoms with Gasteiger partial charge in [-0.2, -0.15) is 0 Å². The summed E-state index contributed by atoms with van der Waals surface area (Å²) in [5.41, 5.74) is 8.69. The molecule has 2 saturated carbocycles. The highest BCUT2D eigenvalue weighted by Gasteiger charge is 2.69. The topological polar surface area (TPSA) is 108 Å². The Morgan fingerprint density at radius 2 is 2.06 bits per heavy atom. The number of hydrogen-bond acceptors (Lipinski definition) is 8. The number of rotatable bonds is 5. The summed E-state index contributed by atoms with van der Waals surface area (Å²) in [7, 11) is 3.95. The maximum absolute atomic E-state index is 13.7. The van der Waals surface area contributed by atoms with Gasteiger partial charge in [0.15, 0.2) is 11.7 Å². The first-order valence-electron chi connectivity index (χ1n) is 13.7. The molecule has 5 rings (SSSR count).